The zero-order valence-corrected chi connectivity index (χ0v) is 15.6. The van der Waals surface area contributed by atoms with E-state index in [1.807, 2.05) is 0 Å². The minimum atomic E-state index is -5.19. The van der Waals surface area contributed by atoms with Crippen molar-refractivity contribution in [2.75, 3.05) is 0 Å². The molecule has 14 heteroatoms. The van der Waals surface area contributed by atoms with E-state index >= 15 is 0 Å². The number of nitrogens with one attached hydrogen (secondary N) is 1. The molecule has 0 fully saturated rings. The third-order valence-corrected chi connectivity index (χ3v) is 4.27. The number of alkyl halides is 3. The van der Waals surface area contributed by atoms with Gasteiger partial charge >= 0.3 is 17.6 Å². The molecular formula is C15H9Cl2F3N4O5. The molecule has 2 N–H and O–H groups in total. The van der Waals surface area contributed by atoms with Gasteiger partial charge in [0, 0.05) is 16.7 Å². The second-order valence-corrected chi connectivity index (χ2v) is 6.31. The number of aryl methyl sites for hydroxylation is 1. The van der Waals surface area contributed by atoms with E-state index in [2.05, 4.69) is 4.99 Å². The largest absolute Gasteiger partial charge is 0.418 e. The van der Waals surface area contributed by atoms with Gasteiger partial charge in [-0.15, -0.1) is 0 Å². The first-order valence-electron chi connectivity index (χ1n) is 7.36. The Labute approximate surface area is 169 Å². The van der Waals surface area contributed by atoms with Crippen LogP contribution >= 0.6 is 23.2 Å². The molecule has 9 nitrogen and oxygen atoms in total. The van der Waals surface area contributed by atoms with Crippen molar-refractivity contribution >= 4 is 46.1 Å². The van der Waals surface area contributed by atoms with Crippen molar-refractivity contribution in [1.82, 2.24) is 5.48 Å². The standard InChI is InChI=1S/C15H9Cl2F3N4O5/c1-6-4-7(16)2-3-8(6)14(22-25)21-12-10(23(26)27)5-9(15(18,19)20)11(17)13(12)24(28)29/h2-5,25H,1H3,(H,21,22). The van der Waals surface area contributed by atoms with Crippen molar-refractivity contribution in [2.45, 2.75) is 13.1 Å². The Kier molecular flexibility index (Phi) is 6.30. The molecule has 154 valence electrons. The molecule has 2 rings (SSSR count). The fraction of sp³-hybridized carbons (Fsp3) is 0.133. The Bertz CT molecular complexity index is 1040. The summed E-state index contributed by atoms with van der Waals surface area (Å²) in [5, 5.41) is 31.0. The second kappa shape index (κ2) is 8.19. The highest BCUT2D eigenvalue weighted by molar-refractivity contribution is 6.34. The smallest absolute Gasteiger partial charge is 0.290 e. The lowest BCUT2D eigenvalue weighted by molar-refractivity contribution is -0.392. The molecule has 0 bridgehead atoms. The van der Waals surface area contributed by atoms with Gasteiger partial charge in [0.05, 0.1) is 15.4 Å². The average molecular weight is 453 g/mol. The molecule has 0 aliphatic rings. The van der Waals surface area contributed by atoms with Gasteiger partial charge in [-0.25, -0.2) is 4.99 Å². The molecule has 2 aromatic carbocycles. The van der Waals surface area contributed by atoms with Gasteiger partial charge < -0.3 is 0 Å². The maximum absolute atomic E-state index is 13.1. The van der Waals surface area contributed by atoms with Crippen molar-refractivity contribution in [1.29, 1.82) is 0 Å². The first kappa shape index (κ1) is 22.3. The Balaban J connectivity index is 2.92. The molecule has 0 saturated carbocycles. The van der Waals surface area contributed by atoms with E-state index in [9.17, 15) is 38.6 Å². The van der Waals surface area contributed by atoms with Crippen LogP contribution in [0.15, 0.2) is 29.3 Å². The van der Waals surface area contributed by atoms with Crippen molar-refractivity contribution in [2.24, 2.45) is 4.99 Å². The fourth-order valence-electron chi connectivity index (χ4n) is 2.39. The lowest BCUT2D eigenvalue weighted by Crippen LogP contribution is -2.21. The monoisotopic (exact) mass is 452 g/mol. The van der Waals surface area contributed by atoms with Crippen LogP contribution in [0.2, 0.25) is 10.0 Å². The minimum Gasteiger partial charge on any atom is -0.290 e. The molecule has 0 heterocycles. The van der Waals surface area contributed by atoms with E-state index in [1.165, 1.54) is 25.1 Å². The van der Waals surface area contributed by atoms with E-state index in [0.717, 1.165) is 0 Å². The van der Waals surface area contributed by atoms with Crippen LogP contribution in [-0.2, 0) is 6.18 Å². The van der Waals surface area contributed by atoms with Gasteiger partial charge in [0.25, 0.3) is 0 Å². The summed E-state index contributed by atoms with van der Waals surface area (Å²) < 4.78 is 39.4. The number of hydrogen-bond donors (Lipinski definition) is 2. The van der Waals surface area contributed by atoms with Gasteiger partial charge in [-0.2, -0.15) is 13.2 Å². The van der Waals surface area contributed by atoms with Crippen LogP contribution in [0.25, 0.3) is 0 Å². The number of benzene rings is 2. The van der Waals surface area contributed by atoms with Gasteiger partial charge in [0.15, 0.2) is 5.84 Å². The summed E-state index contributed by atoms with van der Waals surface area (Å²) in [7, 11) is 0. The Morgan fingerprint density at radius 3 is 2.24 bits per heavy atom. The first-order valence-corrected chi connectivity index (χ1v) is 8.11. The maximum atomic E-state index is 13.1. The predicted molar refractivity (Wildman–Crippen MR) is 97.1 cm³/mol. The molecule has 0 saturated heterocycles. The first-order chi connectivity index (χ1) is 13.4. The normalized spacial score (nSPS) is 12.0. The van der Waals surface area contributed by atoms with Crippen molar-refractivity contribution in [3.63, 3.8) is 0 Å². The molecule has 0 unspecified atom stereocenters. The van der Waals surface area contributed by atoms with Gasteiger partial charge in [0.2, 0.25) is 5.69 Å². The molecule has 0 atom stereocenters. The lowest BCUT2D eigenvalue weighted by Gasteiger charge is -2.12. The Hall–Kier alpha value is -2.96. The van der Waals surface area contributed by atoms with Crippen molar-refractivity contribution < 1.29 is 28.2 Å². The van der Waals surface area contributed by atoms with Gasteiger partial charge in [0.1, 0.15) is 5.02 Å². The number of halogens is 5. The molecule has 0 amide bonds. The van der Waals surface area contributed by atoms with Crippen molar-refractivity contribution in [3.8, 4) is 0 Å². The summed E-state index contributed by atoms with van der Waals surface area (Å²) in [6, 6.07) is 4.19. The molecule has 0 aliphatic heterocycles. The highest BCUT2D eigenvalue weighted by Gasteiger charge is 2.42. The third-order valence-electron chi connectivity index (χ3n) is 3.65. The van der Waals surface area contributed by atoms with Crippen LogP contribution in [0.5, 0.6) is 0 Å². The second-order valence-electron chi connectivity index (χ2n) is 5.50. The summed E-state index contributed by atoms with van der Waals surface area (Å²) in [6.45, 7) is 1.52. The SMILES string of the molecule is Cc1cc(Cl)ccc1C(=Nc1c([N+](=O)[O-])cc(C(F)(F)F)c(Cl)c1[N+](=O)[O-])NO. The van der Waals surface area contributed by atoms with Crippen molar-refractivity contribution in [3.05, 3.63) is 71.2 Å². The van der Waals surface area contributed by atoms with Gasteiger partial charge in [-0.3, -0.25) is 30.9 Å². The van der Waals surface area contributed by atoms with Crippen LogP contribution in [0.4, 0.5) is 30.2 Å². The van der Waals surface area contributed by atoms with E-state index in [-0.39, 0.29) is 11.6 Å². The highest BCUT2D eigenvalue weighted by Crippen LogP contribution is 2.48. The van der Waals surface area contributed by atoms with E-state index < -0.39 is 49.5 Å². The summed E-state index contributed by atoms with van der Waals surface area (Å²) in [4.78, 5) is 23.7. The predicted octanol–water partition coefficient (Wildman–Crippen LogP) is 5.19. The summed E-state index contributed by atoms with van der Waals surface area (Å²) in [5.74, 6) is -0.513. The van der Waals surface area contributed by atoms with E-state index in [1.54, 1.807) is 5.48 Å². The number of hydrogen-bond acceptors (Lipinski definition) is 6. The van der Waals surface area contributed by atoms with Crippen LogP contribution in [0, 0.1) is 27.2 Å². The van der Waals surface area contributed by atoms with E-state index in [4.69, 9.17) is 23.2 Å². The summed E-state index contributed by atoms with van der Waals surface area (Å²) in [5.41, 5.74) is -3.46. The van der Waals surface area contributed by atoms with Crippen LogP contribution in [-0.4, -0.2) is 20.9 Å². The van der Waals surface area contributed by atoms with E-state index in [0.29, 0.717) is 10.6 Å². The molecule has 29 heavy (non-hydrogen) atoms. The van der Waals surface area contributed by atoms with Crippen LogP contribution in [0.1, 0.15) is 16.7 Å². The quantitative estimate of drug-likeness (QED) is 0.283. The number of aliphatic imine (C=N–C) groups is 1. The van der Waals surface area contributed by atoms with Crippen LogP contribution < -0.4 is 5.48 Å². The molecule has 0 radical (unpaired) electrons. The zero-order valence-electron chi connectivity index (χ0n) is 14.1. The highest BCUT2D eigenvalue weighted by atomic mass is 35.5. The summed E-state index contributed by atoms with van der Waals surface area (Å²) >= 11 is 11.4. The number of amidine groups is 1. The van der Waals surface area contributed by atoms with Gasteiger partial charge in [-0.05, 0) is 30.7 Å². The molecule has 2 aromatic rings. The van der Waals surface area contributed by atoms with Gasteiger partial charge in [-0.1, -0.05) is 23.2 Å². The molecule has 0 aromatic heterocycles. The molecule has 0 aliphatic carbocycles. The lowest BCUT2D eigenvalue weighted by atomic mass is 10.1. The number of hydroxylamine groups is 1. The fourth-order valence-corrected chi connectivity index (χ4v) is 2.94. The third kappa shape index (κ3) is 4.55. The average Bonchev–Trinajstić information content (AvgIpc) is 2.58. The molecular weight excluding hydrogens is 444 g/mol. The number of rotatable bonds is 4. The Morgan fingerprint density at radius 1 is 1.17 bits per heavy atom. The number of nitro groups is 2. The number of nitrogens with zero attached hydrogens (tertiary/aromatic N) is 3. The number of nitro benzene ring substituents is 2. The Morgan fingerprint density at radius 2 is 1.79 bits per heavy atom. The molecule has 0 spiro atoms. The topological polar surface area (TPSA) is 131 Å². The summed E-state index contributed by atoms with van der Waals surface area (Å²) in [6.07, 6.45) is -5.19. The minimum absolute atomic E-state index is 0.0396. The zero-order chi connectivity index (χ0) is 22.1. The maximum Gasteiger partial charge on any atom is 0.418 e. The van der Waals surface area contributed by atoms with Crippen LogP contribution in [0.3, 0.4) is 0 Å².